The van der Waals surface area contributed by atoms with Crippen molar-refractivity contribution in [2.45, 2.75) is 25.2 Å². The summed E-state index contributed by atoms with van der Waals surface area (Å²) in [6.07, 6.45) is 0.817. The van der Waals surface area contributed by atoms with Gasteiger partial charge in [-0.05, 0) is 67.4 Å². The zero-order chi connectivity index (χ0) is 21.0. The van der Waals surface area contributed by atoms with E-state index in [1.807, 2.05) is 26.0 Å². The number of benzene rings is 3. The normalized spacial score (nSPS) is 11.1. The Labute approximate surface area is 171 Å². The molecule has 3 rings (SSSR count). The number of hydrogen-bond donors (Lipinski definition) is 0. The molecule has 0 atom stereocenters. The van der Waals surface area contributed by atoms with Crippen molar-refractivity contribution in [2.75, 3.05) is 11.4 Å². The maximum atomic E-state index is 13.4. The lowest BCUT2D eigenvalue weighted by Gasteiger charge is -2.23. The molecule has 3 aromatic carbocycles. The number of hydrogen-bond acceptors (Lipinski definition) is 4. The van der Waals surface area contributed by atoms with Crippen molar-refractivity contribution < 1.29 is 17.9 Å². The molecular formula is C23H23NO4S. The summed E-state index contributed by atoms with van der Waals surface area (Å²) >= 11 is 0. The summed E-state index contributed by atoms with van der Waals surface area (Å²) < 4.78 is 32.8. The Morgan fingerprint density at radius 1 is 0.897 bits per heavy atom. The monoisotopic (exact) mass is 409 g/mol. The van der Waals surface area contributed by atoms with E-state index in [4.69, 9.17) is 4.74 Å². The summed E-state index contributed by atoms with van der Waals surface area (Å²) in [6, 6.07) is 19.8. The summed E-state index contributed by atoms with van der Waals surface area (Å²) in [5.74, 6) is -0.0423. The number of rotatable bonds is 6. The number of anilines is 1. The second-order valence-corrected chi connectivity index (χ2v) is 8.42. The molecule has 5 nitrogen and oxygen atoms in total. The summed E-state index contributed by atoms with van der Waals surface area (Å²) in [6.45, 7) is 3.89. The summed E-state index contributed by atoms with van der Waals surface area (Å²) in [7, 11) is -2.57. The highest BCUT2D eigenvalue weighted by molar-refractivity contribution is 7.93. The van der Waals surface area contributed by atoms with Gasteiger partial charge in [-0.2, -0.15) is 4.31 Å². The first kappa shape index (κ1) is 20.6. The van der Waals surface area contributed by atoms with Gasteiger partial charge in [-0.1, -0.05) is 36.8 Å². The highest BCUT2D eigenvalue weighted by atomic mass is 32.2. The van der Waals surface area contributed by atoms with Crippen molar-refractivity contribution >= 4 is 21.6 Å². The van der Waals surface area contributed by atoms with E-state index in [2.05, 4.69) is 0 Å². The lowest BCUT2D eigenvalue weighted by molar-refractivity contribution is 0.101. The predicted octanol–water partition coefficient (Wildman–Crippen LogP) is 4.60. The van der Waals surface area contributed by atoms with Crippen LogP contribution < -0.4 is 9.04 Å². The van der Waals surface area contributed by atoms with Crippen molar-refractivity contribution in [1.82, 2.24) is 0 Å². The van der Waals surface area contributed by atoms with Crippen LogP contribution >= 0.6 is 0 Å². The van der Waals surface area contributed by atoms with Gasteiger partial charge in [0.25, 0.3) is 15.9 Å². The van der Waals surface area contributed by atoms with E-state index in [1.54, 1.807) is 48.5 Å². The Morgan fingerprint density at radius 3 is 2.00 bits per heavy atom. The zero-order valence-electron chi connectivity index (χ0n) is 16.6. The molecule has 0 radical (unpaired) electrons. The van der Waals surface area contributed by atoms with E-state index < -0.39 is 15.9 Å². The van der Waals surface area contributed by atoms with Crippen molar-refractivity contribution in [2.24, 2.45) is 0 Å². The largest absolute Gasteiger partial charge is 0.497 e. The van der Waals surface area contributed by atoms with E-state index in [0.717, 1.165) is 21.9 Å². The Kier molecular flexibility index (Phi) is 6.03. The SMILES string of the molecule is CCc1ccc(N(C(=O)c2ccc(OC)cc2)S(=O)(=O)c2ccc(C)cc2)cc1. The van der Waals surface area contributed by atoms with Crippen LogP contribution in [0.2, 0.25) is 0 Å². The van der Waals surface area contributed by atoms with Gasteiger partial charge < -0.3 is 4.74 Å². The van der Waals surface area contributed by atoms with Crippen LogP contribution in [-0.4, -0.2) is 21.4 Å². The predicted molar refractivity (Wildman–Crippen MR) is 114 cm³/mol. The standard InChI is InChI=1S/C23H23NO4S/c1-4-18-7-11-20(12-8-18)24(23(25)19-9-13-21(28-3)14-10-19)29(26,27)22-15-5-17(2)6-16-22/h5-16H,4H2,1-3H3. The number of nitrogens with zero attached hydrogens (tertiary/aromatic N) is 1. The molecule has 29 heavy (non-hydrogen) atoms. The summed E-state index contributed by atoms with van der Waals surface area (Å²) in [5, 5.41) is 0. The smallest absolute Gasteiger partial charge is 0.272 e. The second-order valence-electron chi connectivity index (χ2n) is 6.64. The average Bonchev–Trinajstić information content (AvgIpc) is 2.74. The van der Waals surface area contributed by atoms with E-state index in [9.17, 15) is 13.2 Å². The zero-order valence-corrected chi connectivity index (χ0v) is 17.4. The van der Waals surface area contributed by atoms with Gasteiger partial charge in [0.2, 0.25) is 0 Å². The number of methoxy groups -OCH3 is 1. The molecule has 0 aromatic heterocycles. The molecule has 1 amide bonds. The first-order chi connectivity index (χ1) is 13.9. The first-order valence-electron chi connectivity index (χ1n) is 9.26. The van der Waals surface area contributed by atoms with Crippen LogP contribution in [0.1, 0.15) is 28.4 Å². The fourth-order valence-electron chi connectivity index (χ4n) is 2.90. The van der Waals surface area contributed by atoms with Gasteiger partial charge in [0.15, 0.2) is 0 Å². The van der Waals surface area contributed by atoms with Crippen molar-refractivity contribution in [3.05, 3.63) is 89.5 Å². The summed E-state index contributed by atoms with van der Waals surface area (Å²) in [4.78, 5) is 13.4. The third-order valence-corrected chi connectivity index (χ3v) is 6.38. The third-order valence-electron chi connectivity index (χ3n) is 4.66. The van der Waals surface area contributed by atoms with Gasteiger partial charge in [0, 0.05) is 5.56 Å². The number of ether oxygens (including phenoxy) is 1. The number of carbonyl (C=O) groups excluding carboxylic acids is 1. The Morgan fingerprint density at radius 2 is 1.48 bits per heavy atom. The molecule has 6 heteroatoms. The first-order valence-corrected chi connectivity index (χ1v) is 10.7. The van der Waals surface area contributed by atoms with Gasteiger partial charge in [-0.25, -0.2) is 8.42 Å². The van der Waals surface area contributed by atoms with Crippen LogP contribution in [0.4, 0.5) is 5.69 Å². The van der Waals surface area contributed by atoms with Gasteiger partial charge in [-0.15, -0.1) is 0 Å². The summed E-state index contributed by atoms with van der Waals surface area (Å²) in [5.41, 5.74) is 2.53. The lowest BCUT2D eigenvalue weighted by atomic mass is 10.1. The number of sulfonamides is 1. The number of carbonyl (C=O) groups is 1. The van der Waals surface area contributed by atoms with Crippen LogP contribution in [0, 0.1) is 6.92 Å². The molecular weight excluding hydrogens is 386 g/mol. The fraction of sp³-hybridized carbons (Fsp3) is 0.174. The second kappa shape index (κ2) is 8.49. The molecule has 0 saturated heterocycles. The van der Waals surface area contributed by atoms with Crippen LogP contribution in [0.5, 0.6) is 5.75 Å². The maximum Gasteiger partial charge on any atom is 0.272 e. The van der Waals surface area contributed by atoms with Crippen LogP contribution in [0.3, 0.4) is 0 Å². The van der Waals surface area contributed by atoms with Crippen LogP contribution in [0.15, 0.2) is 77.7 Å². The molecule has 0 spiro atoms. The van der Waals surface area contributed by atoms with Crippen molar-refractivity contribution in [3.63, 3.8) is 0 Å². The van der Waals surface area contributed by atoms with Crippen LogP contribution in [0.25, 0.3) is 0 Å². The highest BCUT2D eigenvalue weighted by Gasteiger charge is 2.31. The van der Waals surface area contributed by atoms with Crippen LogP contribution in [-0.2, 0) is 16.4 Å². The minimum atomic E-state index is -4.10. The molecule has 0 aliphatic carbocycles. The Bertz CT molecular complexity index is 1090. The Hall–Kier alpha value is -3.12. The minimum absolute atomic E-state index is 0.0597. The molecule has 0 aliphatic rings. The fourth-order valence-corrected chi connectivity index (χ4v) is 4.31. The molecule has 0 fully saturated rings. The molecule has 3 aromatic rings. The molecule has 0 unspecified atom stereocenters. The maximum absolute atomic E-state index is 13.4. The highest BCUT2D eigenvalue weighted by Crippen LogP contribution is 2.27. The van der Waals surface area contributed by atoms with Gasteiger partial charge in [0.1, 0.15) is 5.75 Å². The quantitative estimate of drug-likeness (QED) is 0.597. The molecule has 0 saturated carbocycles. The minimum Gasteiger partial charge on any atom is -0.497 e. The van der Waals surface area contributed by atoms with E-state index >= 15 is 0 Å². The lowest BCUT2D eigenvalue weighted by Crippen LogP contribution is -2.37. The average molecular weight is 410 g/mol. The number of aryl methyl sites for hydroxylation is 2. The van der Waals surface area contributed by atoms with Gasteiger partial charge >= 0.3 is 0 Å². The van der Waals surface area contributed by atoms with Crippen molar-refractivity contribution in [1.29, 1.82) is 0 Å². The molecule has 0 bridgehead atoms. The van der Waals surface area contributed by atoms with Crippen molar-refractivity contribution in [3.8, 4) is 5.75 Å². The third kappa shape index (κ3) is 4.32. The number of amides is 1. The van der Waals surface area contributed by atoms with Gasteiger partial charge in [0.05, 0.1) is 17.7 Å². The van der Waals surface area contributed by atoms with E-state index in [-0.39, 0.29) is 10.5 Å². The van der Waals surface area contributed by atoms with E-state index in [0.29, 0.717) is 11.4 Å². The Balaban J connectivity index is 2.11. The molecule has 150 valence electrons. The molecule has 0 heterocycles. The topological polar surface area (TPSA) is 63.7 Å². The molecule has 0 aliphatic heterocycles. The molecule has 0 N–H and O–H groups in total. The van der Waals surface area contributed by atoms with Gasteiger partial charge in [-0.3, -0.25) is 4.79 Å². The van der Waals surface area contributed by atoms with E-state index in [1.165, 1.54) is 19.2 Å².